The molecule has 0 fully saturated rings. The average molecular weight is 668 g/mol. The minimum Gasteiger partial charge on any atom is -0.436 e. The molecule has 0 saturated carbocycles. The van der Waals surface area contributed by atoms with Crippen LogP contribution in [0.4, 0.5) is 0 Å². The highest BCUT2D eigenvalue weighted by atomic mass is 16.3. The molecule has 0 unspecified atom stereocenters. The SMILES string of the molecule is c1ccc(-c2nc(-c3ccccc3)nc(-c3cccc4c3c3cc(-c5ccc6nc(-c7ccccc7)oc6c5)ccc3n4-c3ccccc3)n2)cc1. The Morgan fingerprint density at radius 3 is 1.65 bits per heavy atom. The van der Waals surface area contributed by atoms with Gasteiger partial charge in [0.25, 0.3) is 0 Å². The van der Waals surface area contributed by atoms with E-state index in [2.05, 4.69) is 77.4 Å². The van der Waals surface area contributed by atoms with Gasteiger partial charge >= 0.3 is 0 Å². The Balaban J connectivity index is 1.21. The minimum absolute atomic E-state index is 0.612. The maximum Gasteiger partial charge on any atom is 0.227 e. The van der Waals surface area contributed by atoms with E-state index < -0.39 is 0 Å². The highest BCUT2D eigenvalue weighted by Crippen LogP contribution is 2.40. The third-order valence-electron chi connectivity index (χ3n) is 9.49. The van der Waals surface area contributed by atoms with Crippen LogP contribution in [0.3, 0.4) is 0 Å². The predicted molar refractivity (Wildman–Crippen MR) is 209 cm³/mol. The second-order valence-electron chi connectivity index (χ2n) is 12.7. The first kappa shape index (κ1) is 29.7. The molecule has 244 valence electrons. The van der Waals surface area contributed by atoms with Gasteiger partial charge in [0.05, 0.1) is 11.0 Å². The molecule has 3 aromatic heterocycles. The van der Waals surface area contributed by atoms with E-state index in [1.165, 1.54) is 0 Å². The van der Waals surface area contributed by atoms with Crippen LogP contribution in [0.25, 0.3) is 95.3 Å². The number of aromatic nitrogens is 5. The highest BCUT2D eigenvalue weighted by molar-refractivity contribution is 6.16. The lowest BCUT2D eigenvalue weighted by atomic mass is 10.0. The van der Waals surface area contributed by atoms with Gasteiger partial charge in [-0.15, -0.1) is 0 Å². The first-order valence-corrected chi connectivity index (χ1v) is 17.2. The lowest BCUT2D eigenvalue weighted by Gasteiger charge is -2.10. The van der Waals surface area contributed by atoms with Gasteiger partial charge in [0.2, 0.25) is 5.89 Å². The molecule has 6 heteroatoms. The summed E-state index contributed by atoms with van der Waals surface area (Å²) in [5.41, 5.74) is 10.7. The van der Waals surface area contributed by atoms with Gasteiger partial charge in [0, 0.05) is 38.7 Å². The number of rotatable bonds is 6. The van der Waals surface area contributed by atoms with Crippen molar-refractivity contribution in [3.63, 3.8) is 0 Å². The third-order valence-corrected chi connectivity index (χ3v) is 9.49. The normalized spacial score (nSPS) is 11.5. The molecule has 0 aliphatic rings. The average Bonchev–Trinajstić information content (AvgIpc) is 3.81. The van der Waals surface area contributed by atoms with E-state index in [1.54, 1.807) is 0 Å². The molecule has 0 saturated heterocycles. The number of nitrogens with zero attached hydrogens (tertiary/aromatic N) is 5. The molecule has 10 aromatic rings. The first-order chi connectivity index (χ1) is 25.8. The Kier molecular flexibility index (Phi) is 7.03. The number of para-hydroxylation sites is 1. The fourth-order valence-corrected chi connectivity index (χ4v) is 7.03. The van der Waals surface area contributed by atoms with Crippen molar-refractivity contribution in [1.82, 2.24) is 24.5 Å². The van der Waals surface area contributed by atoms with E-state index in [0.29, 0.717) is 23.4 Å². The van der Waals surface area contributed by atoms with E-state index in [1.807, 2.05) is 103 Å². The second-order valence-corrected chi connectivity index (χ2v) is 12.7. The fourth-order valence-electron chi connectivity index (χ4n) is 7.03. The molecule has 0 atom stereocenters. The topological polar surface area (TPSA) is 69.6 Å². The summed E-state index contributed by atoms with van der Waals surface area (Å²) in [5.74, 6) is 2.49. The molecule has 0 spiro atoms. The first-order valence-electron chi connectivity index (χ1n) is 17.2. The van der Waals surface area contributed by atoms with Gasteiger partial charge in [-0.3, -0.25) is 0 Å². The maximum absolute atomic E-state index is 6.27. The van der Waals surface area contributed by atoms with Gasteiger partial charge in [0.1, 0.15) is 5.52 Å². The number of hydrogen-bond donors (Lipinski definition) is 0. The summed E-state index contributed by atoms with van der Waals surface area (Å²) in [6.07, 6.45) is 0. The van der Waals surface area contributed by atoms with Crippen molar-refractivity contribution in [2.45, 2.75) is 0 Å². The second kappa shape index (κ2) is 12.3. The molecular formula is C46H29N5O. The summed E-state index contributed by atoms with van der Waals surface area (Å²) in [4.78, 5) is 20.0. The monoisotopic (exact) mass is 667 g/mol. The van der Waals surface area contributed by atoms with Crippen molar-refractivity contribution in [3.05, 3.63) is 176 Å². The zero-order valence-electron chi connectivity index (χ0n) is 27.9. The maximum atomic E-state index is 6.27. The molecule has 52 heavy (non-hydrogen) atoms. The molecule has 0 radical (unpaired) electrons. The Hall–Kier alpha value is -7.18. The van der Waals surface area contributed by atoms with E-state index >= 15 is 0 Å². The molecule has 7 aromatic carbocycles. The van der Waals surface area contributed by atoms with Crippen LogP contribution in [-0.4, -0.2) is 24.5 Å². The smallest absolute Gasteiger partial charge is 0.227 e. The summed E-state index contributed by atoms with van der Waals surface area (Å²) in [7, 11) is 0. The van der Waals surface area contributed by atoms with Crippen LogP contribution in [0.2, 0.25) is 0 Å². The van der Waals surface area contributed by atoms with Gasteiger partial charge in [0.15, 0.2) is 23.1 Å². The number of hydrogen-bond acceptors (Lipinski definition) is 5. The van der Waals surface area contributed by atoms with E-state index in [0.717, 1.165) is 72.0 Å². The van der Waals surface area contributed by atoms with Crippen molar-refractivity contribution in [3.8, 4) is 62.4 Å². The molecule has 3 heterocycles. The van der Waals surface area contributed by atoms with Crippen LogP contribution in [0, 0.1) is 0 Å². The molecule has 0 amide bonds. The molecule has 0 bridgehead atoms. The molecule has 10 rings (SSSR count). The minimum atomic E-state index is 0.612. The van der Waals surface area contributed by atoms with Crippen LogP contribution in [0.15, 0.2) is 180 Å². The van der Waals surface area contributed by atoms with Crippen LogP contribution < -0.4 is 0 Å². The Bertz CT molecular complexity index is 2820. The van der Waals surface area contributed by atoms with Gasteiger partial charge < -0.3 is 8.98 Å². The number of oxazole rings is 1. The molecular weight excluding hydrogens is 639 g/mol. The Morgan fingerprint density at radius 1 is 0.404 bits per heavy atom. The lowest BCUT2D eigenvalue weighted by molar-refractivity contribution is 0.620. The van der Waals surface area contributed by atoms with Crippen molar-refractivity contribution >= 4 is 32.9 Å². The Labute approximate surface area is 299 Å². The van der Waals surface area contributed by atoms with Gasteiger partial charge in [-0.05, 0) is 65.7 Å². The summed E-state index contributed by atoms with van der Waals surface area (Å²) in [6, 6.07) is 60.0. The van der Waals surface area contributed by atoms with E-state index in [9.17, 15) is 0 Å². The quantitative estimate of drug-likeness (QED) is 0.176. The van der Waals surface area contributed by atoms with Crippen molar-refractivity contribution < 1.29 is 4.42 Å². The van der Waals surface area contributed by atoms with Crippen molar-refractivity contribution in [2.24, 2.45) is 0 Å². The van der Waals surface area contributed by atoms with Crippen LogP contribution in [-0.2, 0) is 0 Å². The van der Waals surface area contributed by atoms with Crippen molar-refractivity contribution in [1.29, 1.82) is 0 Å². The zero-order chi connectivity index (χ0) is 34.4. The predicted octanol–water partition coefficient (Wildman–Crippen LogP) is 11.4. The van der Waals surface area contributed by atoms with Crippen LogP contribution in [0.5, 0.6) is 0 Å². The third kappa shape index (κ3) is 5.13. The standard InChI is InChI=1S/C46H29N5O/c1-5-14-30(15-6-1)43-48-44(31-16-7-2-8-17-31)50-45(49-43)36-22-13-23-40-42(36)37-28-33(25-27-39(37)51(40)35-20-11-4-12-21-35)34-24-26-38-41(29-34)52-46(47-38)32-18-9-3-10-19-32/h1-29H. The van der Waals surface area contributed by atoms with Crippen LogP contribution >= 0.6 is 0 Å². The zero-order valence-corrected chi connectivity index (χ0v) is 27.9. The highest BCUT2D eigenvalue weighted by Gasteiger charge is 2.20. The largest absolute Gasteiger partial charge is 0.436 e. The Morgan fingerprint density at radius 2 is 0.981 bits per heavy atom. The van der Waals surface area contributed by atoms with E-state index in [4.69, 9.17) is 24.4 Å². The van der Waals surface area contributed by atoms with Gasteiger partial charge in [-0.1, -0.05) is 121 Å². The summed E-state index contributed by atoms with van der Waals surface area (Å²) in [6.45, 7) is 0. The lowest BCUT2D eigenvalue weighted by Crippen LogP contribution is -2.00. The summed E-state index contributed by atoms with van der Waals surface area (Å²) in [5, 5.41) is 2.16. The molecule has 0 aliphatic heterocycles. The fraction of sp³-hybridized carbons (Fsp3) is 0. The summed E-state index contributed by atoms with van der Waals surface area (Å²) >= 11 is 0. The van der Waals surface area contributed by atoms with Crippen LogP contribution in [0.1, 0.15) is 0 Å². The molecule has 6 nitrogen and oxygen atoms in total. The van der Waals surface area contributed by atoms with E-state index in [-0.39, 0.29) is 0 Å². The number of benzene rings is 7. The number of fused-ring (bicyclic) bond motifs is 4. The van der Waals surface area contributed by atoms with Gasteiger partial charge in [-0.25, -0.2) is 19.9 Å². The van der Waals surface area contributed by atoms with Gasteiger partial charge in [-0.2, -0.15) is 0 Å². The van der Waals surface area contributed by atoms with Crippen molar-refractivity contribution in [2.75, 3.05) is 0 Å². The molecule has 0 aliphatic carbocycles. The summed E-state index contributed by atoms with van der Waals surface area (Å²) < 4.78 is 8.59. The molecule has 0 N–H and O–H groups in total.